The van der Waals surface area contributed by atoms with Crippen LogP contribution in [-0.2, 0) is 18.9 Å². The van der Waals surface area contributed by atoms with Crippen molar-refractivity contribution in [1.82, 2.24) is 0 Å². The summed E-state index contributed by atoms with van der Waals surface area (Å²) < 4.78 is 22.9. The van der Waals surface area contributed by atoms with Crippen molar-refractivity contribution < 1.29 is 43.2 Å². The molecule has 1 aliphatic carbocycles. The molecule has 5 rings (SSSR count). The highest BCUT2D eigenvalue weighted by Crippen LogP contribution is 2.30. The van der Waals surface area contributed by atoms with Gasteiger partial charge in [-0.2, -0.15) is 0 Å². The van der Waals surface area contributed by atoms with Crippen molar-refractivity contribution in [2.75, 3.05) is 6.61 Å². The molecule has 222 valence electrons. The van der Waals surface area contributed by atoms with Crippen LogP contribution in [0.2, 0.25) is 0 Å². The van der Waals surface area contributed by atoms with Gasteiger partial charge in [-0.15, -0.1) is 0 Å². The van der Waals surface area contributed by atoms with Crippen LogP contribution in [0.5, 0.6) is 0 Å². The number of carbonyl (C=O) groups is 4. The molecule has 1 N–H and O–H groups in total. The van der Waals surface area contributed by atoms with Crippen molar-refractivity contribution >= 4 is 23.9 Å². The number of benzene rings is 4. The van der Waals surface area contributed by atoms with E-state index in [1.807, 2.05) is 0 Å². The minimum atomic E-state index is -1.52. The average Bonchev–Trinajstić information content (AvgIpc) is 3.07. The predicted octanol–water partition coefficient (Wildman–Crippen LogP) is 4.82. The molecule has 0 radical (unpaired) electrons. The van der Waals surface area contributed by atoms with Crippen LogP contribution in [0.1, 0.15) is 41.4 Å². The summed E-state index contributed by atoms with van der Waals surface area (Å²) in [5.74, 6) is -3.05. The topological polar surface area (TPSA) is 125 Å². The summed E-state index contributed by atoms with van der Waals surface area (Å²) >= 11 is 0. The molecule has 4 aromatic rings. The first-order chi connectivity index (χ1) is 21.4. The highest BCUT2D eigenvalue weighted by Gasteiger charge is 2.47. The van der Waals surface area contributed by atoms with E-state index in [0.29, 0.717) is 0 Å². The molecular weight excluding hydrogens is 564 g/mol. The summed E-state index contributed by atoms with van der Waals surface area (Å²) in [4.78, 5) is 52.4. The third-order valence-corrected chi connectivity index (χ3v) is 6.84. The second kappa shape index (κ2) is 14.1. The summed E-state index contributed by atoms with van der Waals surface area (Å²) in [6, 6.07) is 32.5. The normalized spacial score (nSPS) is 19.2. The molecule has 44 heavy (non-hydrogen) atoms. The lowest BCUT2D eigenvalue weighted by atomic mass is 9.89. The van der Waals surface area contributed by atoms with Crippen molar-refractivity contribution in [1.29, 1.82) is 0 Å². The number of carbonyl (C=O) groups excluding carboxylic acids is 4. The van der Waals surface area contributed by atoms with Gasteiger partial charge in [0.25, 0.3) is 0 Å². The fourth-order valence-electron chi connectivity index (χ4n) is 4.62. The van der Waals surface area contributed by atoms with Gasteiger partial charge in [-0.3, -0.25) is 0 Å². The van der Waals surface area contributed by atoms with E-state index in [4.69, 9.17) is 18.9 Å². The zero-order valence-corrected chi connectivity index (χ0v) is 23.4. The summed E-state index contributed by atoms with van der Waals surface area (Å²) in [5.41, 5.74) is 0.977. The summed E-state index contributed by atoms with van der Waals surface area (Å²) in [7, 11) is 0. The quantitative estimate of drug-likeness (QED) is 0.165. The molecule has 0 bridgehead atoms. The Kier molecular flexibility index (Phi) is 9.58. The number of aliphatic hydroxyl groups is 1. The molecule has 9 nitrogen and oxygen atoms in total. The first-order valence-electron chi connectivity index (χ1n) is 13.8. The minimum Gasteiger partial charge on any atom is -0.457 e. The molecule has 0 fully saturated rings. The lowest BCUT2D eigenvalue weighted by Crippen LogP contribution is -2.54. The highest BCUT2D eigenvalue weighted by molar-refractivity contribution is 5.92. The van der Waals surface area contributed by atoms with Gasteiger partial charge in [-0.25, -0.2) is 19.2 Å². The maximum absolute atomic E-state index is 13.3. The van der Waals surface area contributed by atoms with Crippen molar-refractivity contribution in [2.45, 2.75) is 24.4 Å². The molecule has 0 aromatic heterocycles. The predicted molar refractivity (Wildman–Crippen MR) is 158 cm³/mol. The Hall–Kier alpha value is -5.54. The van der Waals surface area contributed by atoms with Gasteiger partial charge < -0.3 is 24.1 Å². The second-order valence-corrected chi connectivity index (χ2v) is 9.84. The van der Waals surface area contributed by atoms with Crippen molar-refractivity contribution in [3.8, 4) is 0 Å². The third kappa shape index (κ3) is 7.26. The first-order valence-corrected chi connectivity index (χ1v) is 13.8. The van der Waals surface area contributed by atoms with Crippen molar-refractivity contribution in [3.63, 3.8) is 0 Å². The van der Waals surface area contributed by atoms with Crippen molar-refractivity contribution in [2.24, 2.45) is 0 Å². The Balaban J connectivity index is 1.50. The van der Waals surface area contributed by atoms with Crippen LogP contribution >= 0.6 is 0 Å². The standard InChI is InChI=1S/C35H28O9/c36-28-21-27(22-41-32(37)23-13-5-1-6-14-23)29(42-33(38)24-15-7-2-8-16-24)31(44-35(40)26-19-11-4-12-20-26)30(28)43-34(39)25-17-9-3-10-18-25/h1-21,28-31,36H,22H2/t28?,29-,30-,31+/m0/s1. The van der Waals surface area contributed by atoms with E-state index in [2.05, 4.69) is 0 Å². The molecule has 0 saturated carbocycles. The number of aliphatic hydroxyl groups excluding tert-OH is 1. The summed E-state index contributed by atoms with van der Waals surface area (Å²) in [5, 5.41) is 11.2. The Labute approximate surface area is 253 Å². The molecule has 0 spiro atoms. The summed E-state index contributed by atoms with van der Waals surface area (Å²) in [6.07, 6.45) is -4.66. The molecule has 0 amide bonds. The van der Waals surface area contributed by atoms with E-state index < -0.39 is 54.9 Å². The molecule has 1 aliphatic rings. The minimum absolute atomic E-state index is 0.129. The van der Waals surface area contributed by atoms with Gasteiger partial charge in [0.15, 0.2) is 18.3 Å². The van der Waals surface area contributed by atoms with Gasteiger partial charge in [0.1, 0.15) is 12.7 Å². The van der Waals surface area contributed by atoms with Crippen LogP contribution in [0.4, 0.5) is 0 Å². The van der Waals surface area contributed by atoms with Gasteiger partial charge in [-0.05, 0) is 54.6 Å². The van der Waals surface area contributed by atoms with E-state index in [0.717, 1.165) is 0 Å². The lowest BCUT2D eigenvalue weighted by molar-refractivity contribution is -0.113. The third-order valence-electron chi connectivity index (χ3n) is 6.84. The van der Waals surface area contributed by atoms with Crippen LogP contribution in [0.15, 0.2) is 133 Å². The van der Waals surface area contributed by atoms with Gasteiger partial charge >= 0.3 is 23.9 Å². The molecule has 0 heterocycles. The smallest absolute Gasteiger partial charge is 0.338 e. The molecular formula is C35H28O9. The monoisotopic (exact) mass is 592 g/mol. The number of rotatable bonds is 9. The number of ether oxygens (including phenoxy) is 4. The van der Waals surface area contributed by atoms with Crippen molar-refractivity contribution in [3.05, 3.63) is 155 Å². The van der Waals surface area contributed by atoms with Crippen LogP contribution in [-0.4, -0.2) is 60.0 Å². The van der Waals surface area contributed by atoms with Gasteiger partial charge in [0.05, 0.1) is 22.3 Å². The zero-order valence-electron chi connectivity index (χ0n) is 23.4. The van der Waals surface area contributed by atoms with Gasteiger partial charge in [0, 0.05) is 5.57 Å². The largest absolute Gasteiger partial charge is 0.457 e. The number of hydrogen-bond donors (Lipinski definition) is 1. The van der Waals surface area contributed by atoms with E-state index >= 15 is 0 Å². The van der Waals surface area contributed by atoms with E-state index in [1.54, 1.807) is 84.9 Å². The Morgan fingerprint density at radius 2 is 0.864 bits per heavy atom. The molecule has 4 atom stereocenters. The SMILES string of the molecule is O=C(OCC1=CC(O)[C@H](OC(=O)c2ccccc2)[C@H](OC(=O)c2ccccc2)[C@H]1OC(=O)c1ccccc1)c1ccccc1. The maximum Gasteiger partial charge on any atom is 0.338 e. The number of hydrogen-bond acceptors (Lipinski definition) is 9. The fraction of sp³-hybridized carbons (Fsp3) is 0.143. The zero-order chi connectivity index (χ0) is 30.9. The molecule has 1 unspecified atom stereocenters. The summed E-state index contributed by atoms with van der Waals surface area (Å²) in [6.45, 7) is -0.420. The molecule has 4 aromatic carbocycles. The number of esters is 4. The van der Waals surface area contributed by atoms with Gasteiger partial charge in [-0.1, -0.05) is 72.8 Å². The molecule has 0 saturated heterocycles. The van der Waals surface area contributed by atoms with Crippen LogP contribution < -0.4 is 0 Å². The fourth-order valence-corrected chi connectivity index (χ4v) is 4.62. The molecule has 9 heteroatoms. The van der Waals surface area contributed by atoms with Crippen LogP contribution in [0.3, 0.4) is 0 Å². The van der Waals surface area contributed by atoms with Crippen LogP contribution in [0.25, 0.3) is 0 Å². The van der Waals surface area contributed by atoms with Gasteiger partial charge in [0.2, 0.25) is 0 Å². The van der Waals surface area contributed by atoms with E-state index in [-0.39, 0.29) is 27.8 Å². The average molecular weight is 593 g/mol. The lowest BCUT2D eigenvalue weighted by Gasteiger charge is -2.38. The Morgan fingerprint density at radius 1 is 0.500 bits per heavy atom. The van der Waals surface area contributed by atoms with Crippen LogP contribution in [0, 0.1) is 0 Å². The first kappa shape index (κ1) is 29.9. The second-order valence-electron chi connectivity index (χ2n) is 9.84. The molecule has 0 aliphatic heterocycles. The Morgan fingerprint density at radius 3 is 1.30 bits per heavy atom. The maximum atomic E-state index is 13.3. The van der Waals surface area contributed by atoms with E-state index in [1.165, 1.54) is 42.5 Å². The Bertz CT molecular complexity index is 1620. The highest BCUT2D eigenvalue weighted by atomic mass is 16.6. The van der Waals surface area contributed by atoms with E-state index in [9.17, 15) is 24.3 Å².